The van der Waals surface area contributed by atoms with E-state index in [1.807, 2.05) is 0 Å². The summed E-state index contributed by atoms with van der Waals surface area (Å²) in [7, 11) is 0. The second-order valence-electron chi connectivity index (χ2n) is 3.78. The lowest BCUT2D eigenvalue weighted by Gasteiger charge is -2.07. The number of H-pyrrole nitrogens is 1. The van der Waals surface area contributed by atoms with Crippen LogP contribution in [0, 0.1) is 19.7 Å². The number of nitrogens with zero attached hydrogens (tertiary/aromatic N) is 1. The number of aromatic nitrogens is 2. The van der Waals surface area contributed by atoms with Gasteiger partial charge in [0.15, 0.2) is 0 Å². The molecule has 1 aromatic carbocycles. The summed E-state index contributed by atoms with van der Waals surface area (Å²) < 4.78 is 13.7. The van der Waals surface area contributed by atoms with Crippen molar-refractivity contribution in [1.82, 2.24) is 10.2 Å². The minimum atomic E-state index is -0.459. The summed E-state index contributed by atoms with van der Waals surface area (Å²) >= 11 is 5.68. The molecule has 2 rings (SSSR count). The van der Waals surface area contributed by atoms with Crippen molar-refractivity contribution in [3.63, 3.8) is 0 Å². The first kappa shape index (κ1) is 11.8. The second-order valence-corrected chi connectivity index (χ2v) is 4.21. The monoisotopic (exact) mass is 252 g/mol. The molecule has 0 fully saturated rings. The van der Waals surface area contributed by atoms with Crippen LogP contribution in [0.25, 0.3) is 11.3 Å². The van der Waals surface area contributed by atoms with Crippen LogP contribution in [0.1, 0.15) is 11.1 Å². The van der Waals surface area contributed by atoms with E-state index in [-0.39, 0.29) is 5.56 Å². The lowest BCUT2D eigenvalue weighted by Crippen LogP contribution is -2.14. The molecule has 0 saturated heterocycles. The lowest BCUT2D eigenvalue weighted by molar-refractivity contribution is 0.630. The van der Waals surface area contributed by atoms with Gasteiger partial charge in [-0.15, -0.1) is 0 Å². The van der Waals surface area contributed by atoms with E-state index < -0.39 is 5.82 Å². The molecule has 0 aliphatic carbocycles. The van der Waals surface area contributed by atoms with Crippen molar-refractivity contribution >= 4 is 11.6 Å². The molecule has 17 heavy (non-hydrogen) atoms. The van der Waals surface area contributed by atoms with Crippen LogP contribution in [-0.2, 0) is 0 Å². The molecule has 1 aromatic heterocycles. The Hall–Kier alpha value is -1.68. The Labute approximate surface area is 102 Å². The third-order valence-corrected chi connectivity index (χ3v) is 2.95. The van der Waals surface area contributed by atoms with Gasteiger partial charge in [0.25, 0.3) is 5.56 Å². The number of rotatable bonds is 1. The number of hydrogen-bond donors (Lipinski definition) is 1. The predicted molar refractivity (Wildman–Crippen MR) is 64.7 cm³/mol. The van der Waals surface area contributed by atoms with Gasteiger partial charge in [0.1, 0.15) is 5.82 Å². The molecular weight excluding hydrogens is 243 g/mol. The maximum atomic E-state index is 13.7. The number of halogens is 2. The first-order valence-corrected chi connectivity index (χ1v) is 5.40. The Morgan fingerprint density at radius 3 is 2.65 bits per heavy atom. The fourth-order valence-electron chi connectivity index (χ4n) is 1.57. The summed E-state index contributed by atoms with van der Waals surface area (Å²) in [5, 5.41) is 6.55. The molecule has 1 heterocycles. The van der Waals surface area contributed by atoms with Gasteiger partial charge in [0, 0.05) is 16.1 Å². The molecule has 0 spiro atoms. The van der Waals surface area contributed by atoms with Crippen molar-refractivity contribution in [1.29, 1.82) is 0 Å². The maximum absolute atomic E-state index is 13.7. The van der Waals surface area contributed by atoms with Crippen molar-refractivity contribution in [3.05, 3.63) is 50.5 Å². The summed E-state index contributed by atoms with van der Waals surface area (Å²) in [6, 6.07) is 4.35. The van der Waals surface area contributed by atoms with Gasteiger partial charge in [-0.1, -0.05) is 11.6 Å². The van der Waals surface area contributed by atoms with E-state index in [1.165, 1.54) is 6.07 Å². The standard InChI is InChI=1S/C12H10ClFN2O/c1-6-7(2)12(17)16-15-11(6)9-4-3-8(13)5-10(9)14/h3-5H,1-2H3,(H,16,17). The summed E-state index contributed by atoms with van der Waals surface area (Å²) in [4.78, 5) is 11.3. The van der Waals surface area contributed by atoms with Gasteiger partial charge in [-0.3, -0.25) is 4.79 Å². The van der Waals surface area contributed by atoms with Crippen LogP contribution < -0.4 is 5.56 Å². The van der Waals surface area contributed by atoms with Crippen molar-refractivity contribution in [2.24, 2.45) is 0 Å². The SMILES string of the molecule is Cc1c(-c2ccc(Cl)cc2F)n[nH]c(=O)c1C. The summed E-state index contributed by atoms with van der Waals surface area (Å²) in [6.07, 6.45) is 0. The van der Waals surface area contributed by atoms with Gasteiger partial charge in [-0.2, -0.15) is 5.10 Å². The van der Waals surface area contributed by atoms with Gasteiger partial charge in [0.05, 0.1) is 5.69 Å². The molecular formula is C12H10ClFN2O. The van der Waals surface area contributed by atoms with Crippen LogP contribution in [0.2, 0.25) is 5.02 Å². The highest BCUT2D eigenvalue weighted by Gasteiger charge is 2.12. The zero-order chi connectivity index (χ0) is 12.6. The first-order valence-electron chi connectivity index (χ1n) is 5.02. The Balaban J connectivity index is 2.69. The molecule has 5 heteroatoms. The molecule has 0 atom stereocenters. The molecule has 3 nitrogen and oxygen atoms in total. The van der Waals surface area contributed by atoms with Crippen LogP contribution in [0.5, 0.6) is 0 Å². The van der Waals surface area contributed by atoms with E-state index in [2.05, 4.69) is 10.2 Å². The van der Waals surface area contributed by atoms with E-state index in [9.17, 15) is 9.18 Å². The number of aromatic amines is 1. The average Bonchev–Trinajstić information content (AvgIpc) is 2.28. The van der Waals surface area contributed by atoms with E-state index in [0.29, 0.717) is 27.4 Å². The number of benzene rings is 1. The van der Waals surface area contributed by atoms with Crippen LogP contribution in [-0.4, -0.2) is 10.2 Å². The van der Waals surface area contributed by atoms with Crippen LogP contribution in [0.15, 0.2) is 23.0 Å². The summed E-state index contributed by atoms with van der Waals surface area (Å²) in [5.41, 5.74) is 1.68. The fourth-order valence-corrected chi connectivity index (χ4v) is 1.72. The zero-order valence-corrected chi connectivity index (χ0v) is 10.1. The third kappa shape index (κ3) is 2.08. The van der Waals surface area contributed by atoms with E-state index in [0.717, 1.165) is 0 Å². The smallest absolute Gasteiger partial charge is 0.267 e. The minimum absolute atomic E-state index is 0.263. The van der Waals surface area contributed by atoms with Gasteiger partial charge in [-0.05, 0) is 37.6 Å². The number of hydrogen-bond acceptors (Lipinski definition) is 2. The minimum Gasteiger partial charge on any atom is -0.268 e. The van der Waals surface area contributed by atoms with Gasteiger partial charge < -0.3 is 0 Å². The molecule has 0 saturated carbocycles. The lowest BCUT2D eigenvalue weighted by atomic mass is 10.0. The average molecular weight is 253 g/mol. The van der Waals surface area contributed by atoms with Crippen molar-refractivity contribution in [2.75, 3.05) is 0 Å². The van der Waals surface area contributed by atoms with E-state index in [4.69, 9.17) is 11.6 Å². The van der Waals surface area contributed by atoms with Crippen LogP contribution >= 0.6 is 11.6 Å². The third-order valence-electron chi connectivity index (χ3n) is 2.71. The predicted octanol–water partition coefficient (Wildman–Crippen LogP) is 2.85. The molecule has 1 N–H and O–H groups in total. The highest BCUT2D eigenvalue weighted by atomic mass is 35.5. The summed E-state index contributed by atoms with van der Waals surface area (Å²) in [5.74, 6) is -0.459. The summed E-state index contributed by atoms with van der Waals surface area (Å²) in [6.45, 7) is 3.41. The molecule has 0 aliphatic rings. The Morgan fingerprint density at radius 1 is 1.29 bits per heavy atom. The largest absolute Gasteiger partial charge is 0.268 e. The fraction of sp³-hybridized carbons (Fsp3) is 0.167. The molecule has 0 amide bonds. The maximum Gasteiger partial charge on any atom is 0.267 e. The first-order chi connectivity index (χ1) is 8.00. The molecule has 0 bridgehead atoms. The molecule has 0 aliphatic heterocycles. The van der Waals surface area contributed by atoms with Crippen molar-refractivity contribution in [3.8, 4) is 11.3 Å². The van der Waals surface area contributed by atoms with E-state index in [1.54, 1.807) is 26.0 Å². The Kier molecular flexibility index (Phi) is 2.98. The Morgan fingerprint density at radius 2 is 2.00 bits per heavy atom. The van der Waals surface area contributed by atoms with Gasteiger partial charge in [-0.25, -0.2) is 9.49 Å². The second kappa shape index (κ2) is 4.30. The van der Waals surface area contributed by atoms with Gasteiger partial charge in [0.2, 0.25) is 0 Å². The van der Waals surface area contributed by atoms with Crippen LogP contribution in [0.3, 0.4) is 0 Å². The Bertz CT molecular complexity index is 637. The normalized spacial score (nSPS) is 10.6. The van der Waals surface area contributed by atoms with Gasteiger partial charge >= 0.3 is 0 Å². The molecule has 0 radical (unpaired) electrons. The molecule has 0 unspecified atom stereocenters. The van der Waals surface area contributed by atoms with Crippen molar-refractivity contribution in [2.45, 2.75) is 13.8 Å². The highest BCUT2D eigenvalue weighted by Crippen LogP contribution is 2.26. The number of nitrogens with one attached hydrogen (secondary N) is 1. The van der Waals surface area contributed by atoms with Crippen LogP contribution in [0.4, 0.5) is 4.39 Å². The molecule has 88 valence electrons. The quantitative estimate of drug-likeness (QED) is 0.848. The van der Waals surface area contributed by atoms with E-state index >= 15 is 0 Å². The zero-order valence-electron chi connectivity index (χ0n) is 9.34. The van der Waals surface area contributed by atoms with Crippen molar-refractivity contribution < 1.29 is 4.39 Å². The molecule has 2 aromatic rings. The highest BCUT2D eigenvalue weighted by molar-refractivity contribution is 6.30. The topological polar surface area (TPSA) is 45.8 Å².